The zero-order valence-electron chi connectivity index (χ0n) is 16.4. The number of halogens is 3. The standard InChI is InChI=1S/C14H17N9O2.C2HF3O2/c1-22-7-9(11(20-22)12(16)24)19-13(25)10-3-2-8-6-18-14(17-5-4-15)21-23(8)10;3-2(4,5)1(6)7/h2-3,6-7H,4-5,15H2,1H3,(H2,16,24)(H,17,21)(H,19,25);(H,6,7). The fourth-order valence-electron chi connectivity index (χ4n) is 2.29. The smallest absolute Gasteiger partial charge is 0.475 e. The lowest BCUT2D eigenvalue weighted by Gasteiger charge is -2.06. The van der Waals surface area contributed by atoms with Gasteiger partial charge in [0.2, 0.25) is 5.95 Å². The lowest BCUT2D eigenvalue weighted by atomic mass is 10.3. The molecule has 0 bridgehead atoms. The van der Waals surface area contributed by atoms with E-state index in [4.69, 9.17) is 21.4 Å². The summed E-state index contributed by atoms with van der Waals surface area (Å²) in [6, 6.07) is 3.31. The first kappa shape index (κ1) is 24.1. The number of alkyl halides is 3. The van der Waals surface area contributed by atoms with Gasteiger partial charge >= 0.3 is 12.1 Å². The summed E-state index contributed by atoms with van der Waals surface area (Å²) in [5, 5.41) is 20.9. The van der Waals surface area contributed by atoms with E-state index < -0.39 is 24.0 Å². The first-order valence-electron chi connectivity index (χ1n) is 8.67. The third kappa shape index (κ3) is 5.91. The van der Waals surface area contributed by atoms with E-state index in [1.54, 1.807) is 25.4 Å². The minimum atomic E-state index is -5.08. The quantitative estimate of drug-likeness (QED) is 0.333. The molecular weight excluding hydrogens is 439 g/mol. The molecule has 0 aromatic carbocycles. The molecule has 0 saturated carbocycles. The molecule has 3 rings (SSSR count). The van der Waals surface area contributed by atoms with Crippen LogP contribution in [0.2, 0.25) is 0 Å². The van der Waals surface area contributed by atoms with Gasteiger partial charge in [-0.2, -0.15) is 18.3 Å². The van der Waals surface area contributed by atoms with E-state index >= 15 is 0 Å². The summed E-state index contributed by atoms with van der Waals surface area (Å²) in [6.07, 6.45) is -2.00. The number of primary amides is 1. The maximum atomic E-state index is 12.6. The Labute approximate surface area is 177 Å². The number of rotatable bonds is 6. The zero-order valence-corrected chi connectivity index (χ0v) is 16.4. The maximum absolute atomic E-state index is 12.6. The number of amides is 2. The van der Waals surface area contributed by atoms with Crippen LogP contribution in [-0.4, -0.2) is 66.5 Å². The highest BCUT2D eigenvalue weighted by Crippen LogP contribution is 2.16. The number of nitrogens with one attached hydrogen (secondary N) is 2. The van der Waals surface area contributed by atoms with Gasteiger partial charge in [0.25, 0.3) is 11.8 Å². The van der Waals surface area contributed by atoms with Gasteiger partial charge in [-0.1, -0.05) is 0 Å². The highest BCUT2D eigenvalue weighted by molar-refractivity contribution is 6.07. The van der Waals surface area contributed by atoms with Crippen molar-refractivity contribution in [1.29, 1.82) is 0 Å². The molecule has 0 atom stereocenters. The first-order chi connectivity index (χ1) is 14.9. The molecule has 0 aliphatic heterocycles. The summed E-state index contributed by atoms with van der Waals surface area (Å²) >= 11 is 0. The molecular formula is C16H18F3N9O4. The van der Waals surface area contributed by atoms with Crippen molar-refractivity contribution in [2.24, 2.45) is 18.5 Å². The van der Waals surface area contributed by atoms with Crippen molar-refractivity contribution in [2.45, 2.75) is 6.18 Å². The number of aliphatic carboxylic acids is 1. The Morgan fingerprint density at radius 1 is 1.22 bits per heavy atom. The number of carbonyl (C=O) groups is 3. The highest BCUT2D eigenvalue weighted by atomic mass is 19.4. The van der Waals surface area contributed by atoms with Crippen LogP contribution in [0.3, 0.4) is 0 Å². The van der Waals surface area contributed by atoms with Gasteiger partial charge in [-0.15, -0.1) is 5.10 Å². The van der Waals surface area contributed by atoms with E-state index in [1.807, 2.05) is 0 Å². The third-order valence-electron chi connectivity index (χ3n) is 3.61. The van der Waals surface area contributed by atoms with E-state index in [0.717, 1.165) is 0 Å². The molecule has 32 heavy (non-hydrogen) atoms. The van der Waals surface area contributed by atoms with Crippen LogP contribution in [0.5, 0.6) is 0 Å². The normalized spacial score (nSPS) is 10.9. The number of fused-ring (bicyclic) bond motifs is 1. The van der Waals surface area contributed by atoms with Gasteiger partial charge in [0.1, 0.15) is 5.69 Å². The molecule has 13 nitrogen and oxygen atoms in total. The van der Waals surface area contributed by atoms with Crippen LogP contribution in [-0.2, 0) is 11.8 Å². The first-order valence-corrected chi connectivity index (χ1v) is 8.67. The number of carboxylic acid groups (broad SMARTS) is 1. The Hall–Kier alpha value is -4.21. The number of hydrogen-bond donors (Lipinski definition) is 5. The van der Waals surface area contributed by atoms with Gasteiger partial charge in [0, 0.05) is 26.3 Å². The lowest BCUT2D eigenvalue weighted by molar-refractivity contribution is -0.192. The second-order valence-corrected chi connectivity index (χ2v) is 6.04. The molecule has 0 fully saturated rings. The Balaban J connectivity index is 0.000000451. The average molecular weight is 457 g/mol. The number of carboxylic acids is 1. The molecule has 3 heterocycles. The van der Waals surface area contributed by atoms with Gasteiger partial charge in [-0.05, 0) is 12.1 Å². The number of carbonyl (C=O) groups excluding carboxylic acids is 2. The zero-order chi connectivity index (χ0) is 24.1. The largest absolute Gasteiger partial charge is 0.490 e. The van der Waals surface area contributed by atoms with Gasteiger partial charge in [0.15, 0.2) is 5.69 Å². The van der Waals surface area contributed by atoms with Crippen LogP contribution in [0.4, 0.5) is 24.8 Å². The van der Waals surface area contributed by atoms with E-state index in [2.05, 4.69) is 25.8 Å². The molecule has 0 saturated heterocycles. The molecule has 0 unspecified atom stereocenters. The van der Waals surface area contributed by atoms with Crippen LogP contribution in [0.1, 0.15) is 21.0 Å². The minimum absolute atomic E-state index is 0.0170. The molecule has 7 N–H and O–H groups in total. The minimum Gasteiger partial charge on any atom is -0.475 e. The molecule has 0 spiro atoms. The number of anilines is 2. The van der Waals surface area contributed by atoms with E-state index in [0.29, 0.717) is 24.6 Å². The van der Waals surface area contributed by atoms with Crippen LogP contribution in [0.15, 0.2) is 24.5 Å². The number of aromatic nitrogens is 5. The predicted octanol–water partition coefficient (Wildman–Crippen LogP) is -0.182. The lowest BCUT2D eigenvalue weighted by Crippen LogP contribution is -2.21. The monoisotopic (exact) mass is 457 g/mol. The highest BCUT2D eigenvalue weighted by Gasteiger charge is 2.38. The van der Waals surface area contributed by atoms with E-state index in [9.17, 15) is 22.8 Å². The summed E-state index contributed by atoms with van der Waals surface area (Å²) in [5.74, 6) is -3.60. The summed E-state index contributed by atoms with van der Waals surface area (Å²) in [6.45, 7) is 0.934. The second-order valence-electron chi connectivity index (χ2n) is 6.04. The van der Waals surface area contributed by atoms with Crippen molar-refractivity contribution in [3.8, 4) is 0 Å². The molecule has 0 aliphatic carbocycles. The van der Waals surface area contributed by atoms with Crippen molar-refractivity contribution in [3.05, 3.63) is 35.9 Å². The number of hydrogen-bond acceptors (Lipinski definition) is 8. The maximum Gasteiger partial charge on any atom is 0.490 e. The Morgan fingerprint density at radius 3 is 2.44 bits per heavy atom. The Kier molecular flexibility index (Phi) is 7.32. The summed E-state index contributed by atoms with van der Waals surface area (Å²) in [4.78, 5) is 37.0. The van der Waals surface area contributed by atoms with Gasteiger partial charge < -0.3 is 27.2 Å². The third-order valence-corrected chi connectivity index (χ3v) is 3.61. The van der Waals surface area contributed by atoms with Crippen molar-refractivity contribution in [2.75, 3.05) is 23.7 Å². The molecule has 3 aromatic heterocycles. The Bertz CT molecular complexity index is 1140. The number of aryl methyl sites for hydroxylation is 1. The molecule has 16 heteroatoms. The molecule has 3 aromatic rings. The average Bonchev–Trinajstić information content (AvgIpc) is 3.29. The van der Waals surface area contributed by atoms with Crippen molar-refractivity contribution >= 4 is 34.9 Å². The second kappa shape index (κ2) is 9.73. The van der Waals surface area contributed by atoms with E-state index in [1.165, 1.54) is 15.4 Å². The molecule has 172 valence electrons. The molecule has 0 aliphatic rings. The summed E-state index contributed by atoms with van der Waals surface area (Å²) in [5.41, 5.74) is 11.8. The number of nitrogens with two attached hydrogens (primary N) is 2. The van der Waals surface area contributed by atoms with Gasteiger partial charge in [-0.25, -0.2) is 14.3 Å². The fourth-order valence-corrected chi connectivity index (χ4v) is 2.29. The Morgan fingerprint density at radius 2 is 1.88 bits per heavy atom. The van der Waals surface area contributed by atoms with Crippen molar-refractivity contribution in [1.82, 2.24) is 24.4 Å². The van der Waals surface area contributed by atoms with Gasteiger partial charge in [-0.3, -0.25) is 14.3 Å². The molecule has 0 radical (unpaired) electrons. The van der Waals surface area contributed by atoms with Crippen LogP contribution < -0.4 is 22.1 Å². The van der Waals surface area contributed by atoms with Crippen LogP contribution in [0.25, 0.3) is 5.52 Å². The van der Waals surface area contributed by atoms with Crippen LogP contribution in [0, 0.1) is 0 Å². The number of nitrogens with zero attached hydrogens (tertiary/aromatic N) is 5. The SMILES string of the molecule is Cn1cc(NC(=O)c2ccc3cnc(NCCN)nn23)c(C(N)=O)n1.O=C(O)C(F)(F)F. The fraction of sp³-hybridized carbons (Fsp3) is 0.250. The van der Waals surface area contributed by atoms with E-state index in [-0.39, 0.29) is 17.1 Å². The summed E-state index contributed by atoms with van der Waals surface area (Å²) < 4.78 is 34.6. The predicted molar refractivity (Wildman–Crippen MR) is 104 cm³/mol. The topological polar surface area (TPSA) is 196 Å². The van der Waals surface area contributed by atoms with Crippen LogP contribution >= 0.6 is 0 Å². The summed E-state index contributed by atoms with van der Waals surface area (Å²) in [7, 11) is 1.62. The molecule has 2 amide bonds. The van der Waals surface area contributed by atoms with Crippen molar-refractivity contribution in [3.63, 3.8) is 0 Å². The van der Waals surface area contributed by atoms with Gasteiger partial charge in [0.05, 0.1) is 17.4 Å². The van der Waals surface area contributed by atoms with Crippen molar-refractivity contribution < 1.29 is 32.7 Å².